The number of aliphatic hydroxyl groups is 2. The molecule has 0 fully saturated rings. The summed E-state index contributed by atoms with van der Waals surface area (Å²) in [6, 6.07) is 9.93. The summed E-state index contributed by atoms with van der Waals surface area (Å²) in [7, 11) is -2.62. The van der Waals surface area contributed by atoms with Crippen molar-refractivity contribution in [2.45, 2.75) is 71.3 Å². The molecule has 2 atom stereocenters. The zero-order valence-corrected chi connectivity index (χ0v) is 16.6. The molecule has 2 unspecified atom stereocenters. The van der Waals surface area contributed by atoms with E-state index in [0.29, 0.717) is 6.42 Å². The summed E-state index contributed by atoms with van der Waals surface area (Å²) in [5.74, 6) is 0. The lowest BCUT2D eigenvalue weighted by atomic mass is 9.62. The van der Waals surface area contributed by atoms with Gasteiger partial charge in [-0.1, -0.05) is 76.8 Å². The fourth-order valence-corrected chi connectivity index (χ4v) is 3.37. The van der Waals surface area contributed by atoms with Crippen molar-refractivity contribution in [2.24, 2.45) is 5.41 Å². The Morgan fingerprint density at radius 2 is 1.36 bits per heavy atom. The van der Waals surface area contributed by atoms with E-state index in [1.165, 1.54) is 0 Å². The average molecular weight is 374 g/mol. The maximum atomic E-state index is 11.6. The Kier molecular flexibility index (Phi) is 12.5. The van der Waals surface area contributed by atoms with Gasteiger partial charge >= 0.3 is 8.60 Å². The molecular weight excluding hydrogens is 339 g/mol. The zero-order chi connectivity index (χ0) is 19.3. The van der Waals surface area contributed by atoms with Crippen molar-refractivity contribution in [3.63, 3.8) is 0 Å². The molecule has 0 saturated carbocycles. The first-order chi connectivity index (χ1) is 11.8. The van der Waals surface area contributed by atoms with Crippen molar-refractivity contribution in [3.8, 4) is 0 Å². The zero-order valence-electron chi connectivity index (χ0n) is 15.7. The van der Waals surface area contributed by atoms with Crippen LogP contribution in [0.3, 0.4) is 0 Å². The van der Waals surface area contributed by atoms with Gasteiger partial charge < -0.3 is 24.9 Å². The first-order valence-corrected chi connectivity index (χ1v) is 10.3. The number of unbranched alkanes of at least 4 members (excludes halogenated alkanes) is 2. The molecule has 0 bridgehead atoms. The third-order valence-electron chi connectivity index (χ3n) is 5.01. The molecule has 0 amide bonds. The minimum Gasteiger partial charge on any atom is -0.396 e. The lowest BCUT2D eigenvalue weighted by Gasteiger charge is -2.47. The molecule has 5 N–H and O–H groups in total. The van der Waals surface area contributed by atoms with Gasteiger partial charge in [0.25, 0.3) is 0 Å². The van der Waals surface area contributed by atoms with Crippen molar-refractivity contribution in [1.82, 2.24) is 0 Å². The molecule has 1 aromatic rings. The molecule has 0 heterocycles. The standard InChI is InChI=1S/C19H32O2.H3O3P/c1-4-7-14-18(6-3,16-20)19(21,15-8-5-2)17-12-10-9-11-13-17;1-4(2)3/h9-13,20-21H,4-8,14-16H2,1-3H3;1-3H. The first-order valence-electron chi connectivity index (χ1n) is 9.09. The van der Waals surface area contributed by atoms with Crippen LogP contribution in [0.4, 0.5) is 0 Å². The highest BCUT2D eigenvalue weighted by atomic mass is 31.2. The van der Waals surface area contributed by atoms with Gasteiger partial charge in [0.05, 0.1) is 12.2 Å². The van der Waals surface area contributed by atoms with Crippen LogP contribution in [0.15, 0.2) is 30.3 Å². The second-order valence-electron chi connectivity index (χ2n) is 6.49. The van der Waals surface area contributed by atoms with Crippen molar-refractivity contribution in [3.05, 3.63) is 35.9 Å². The summed E-state index contributed by atoms with van der Waals surface area (Å²) < 4.78 is 0. The molecule has 0 aliphatic carbocycles. The average Bonchev–Trinajstić information content (AvgIpc) is 2.61. The van der Waals surface area contributed by atoms with Crippen LogP contribution in [0, 0.1) is 5.41 Å². The van der Waals surface area contributed by atoms with Crippen LogP contribution in [-0.4, -0.2) is 31.5 Å². The smallest absolute Gasteiger partial charge is 0.324 e. The molecule has 5 nitrogen and oxygen atoms in total. The van der Waals surface area contributed by atoms with Gasteiger partial charge in [0.1, 0.15) is 0 Å². The molecule has 1 rings (SSSR count). The highest BCUT2D eigenvalue weighted by Crippen LogP contribution is 2.49. The molecule has 1 aromatic carbocycles. The predicted molar refractivity (Wildman–Crippen MR) is 103 cm³/mol. The van der Waals surface area contributed by atoms with Gasteiger partial charge in [-0.15, -0.1) is 0 Å². The van der Waals surface area contributed by atoms with Gasteiger partial charge in [0.2, 0.25) is 0 Å². The van der Waals surface area contributed by atoms with Crippen molar-refractivity contribution in [2.75, 3.05) is 6.61 Å². The van der Waals surface area contributed by atoms with Crippen molar-refractivity contribution < 1.29 is 24.9 Å². The molecule has 0 aromatic heterocycles. The monoisotopic (exact) mass is 374 g/mol. The van der Waals surface area contributed by atoms with E-state index in [4.69, 9.17) is 14.7 Å². The molecule has 0 spiro atoms. The molecule has 0 aliphatic rings. The van der Waals surface area contributed by atoms with E-state index < -0.39 is 19.6 Å². The van der Waals surface area contributed by atoms with Crippen LogP contribution in [0.2, 0.25) is 0 Å². The minimum atomic E-state index is -2.62. The van der Waals surface area contributed by atoms with Gasteiger partial charge in [-0.05, 0) is 24.8 Å². The molecular formula is C19H35O5P. The summed E-state index contributed by atoms with van der Waals surface area (Å²) in [5.41, 5.74) is -0.437. The SMILES string of the molecule is CCCCC(CC)(CO)C(O)(CCCC)c1ccccc1.OP(O)O. The van der Waals surface area contributed by atoms with Gasteiger partial charge in [-0.25, -0.2) is 0 Å². The quantitative estimate of drug-likeness (QED) is 0.401. The highest BCUT2D eigenvalue weighted by Gasteiger charge is 2.48. The summed E-state index contributed by atoms with van der Waals surface area (Å²) in [6.07, 6.45) is 6.51. The number of hydrogen-bond donors (Lipinski definition) is 5. The summed E-state index contributed by atoms with van der Waals surface area (Å²) in [4.78, 5) is 21.7. The van der Waals surface area contributed by atoms with E-state index in [2.05, 4.69) is 20.8 Å². The Morgan fingerprint density at radius 3 is 1.76 bits per heavy atom. The number of aliphatic hydroxyl groups excluding tert-OH is 1. The van der Waals surface area contributed by atoms with Crippen molar-refractivity contribution in [1.29, 1.82) is 0 Å². The van der Waals surface area contributed by atoms with Crippen molar-refractivity contribution >= 4 is 8.60 Å². The Balaban J connectivity index is 0.00000129. The Hall–Kier alpha value is -0.550. The molecule has 146 valence electrons. The molecule has 6 heteroatoms. The summed E-state index contributed by atoms with van der Waals surface area (Å²) in [6.45, 7) is 6.43. The van der Waals surface area contributed by atoms with Gasteiger partial charge in [0, 0.05) is 5.41 Å². The number of rotatable bonds is 10. The van der Waals surface area contributed by atoms with E-state index in [1.807, 2.05) is 30.3 Å². The normalized spacial score (nSPS) is 15.9. The topological polar surface area (TPSA) is 101 Å². The van der Waals surface area contributed by atoms with E-state index in [1.54, 1.807) is 0 Å². The van der Waals surface area contributed by atoms with E-state index in [0.717, 1.165) is 44.1 Å². The van der Waals surface area contributed by atoms with Gasteiger partial charge in [-0.2, -0.15) is 0 Å². The molecule has 0 saturated heterocycles. The third kappa shape index (κ3) is 7.30. The Bertz CT molecular complexity index is 434. The summed E-state index contributed by atoms with van der Waals surface area (Å²) >= 11 is 0. The maximum absolute atomic E-state index is 11.6. The van der Waals surface area contributed by atoms with E-state index in [9.17, 15) is 10.2 Å². The molecule has 0 radical (unpaired) electrons. The van der Waals surface area contributed by atoms with E-state index >= 15 is 0 Å². The van der Waals surface area contributed by atoms with Crippen LogP contribution in [-0.2, 0) is 5.60 Å². The second-order valence-corrected chi connectivity index (χ2v) is 7.03. The number of benzene rings is 1. The largest absolute Gasteiger partial charge is 0.396 e. The second kappa shape index (κ2) is 12.7. The maximum Gasteiger partial charge on any atom is 0.324 e. The fourth-order valence-electron chi connectivity index (χ4n) is 3.37. The van der Waals surface area contributed by atoms with Crippen LogP contribution < -0.4 is 0 Å². The lowest BCUT2D eigenvalue weighted by molar-refractivity contribution is -0.131. The van der Waals surface area contributed by atoms with Gasteiger partial charge in [-0.3, -0.25) is 0 Å². The van der Waals surface area contributed by atoms with Crippen LogP contribution in [0.1, 0.15) is 71.3 Å². The Labute approximate surface area is 153 Å². The van der Waals surface area contributed by atoms with Crippen LogP contribution in [0.25, 0.3) is 0 Å². The first kappa shape index (κ1) is 24.5. The molecule has 25 heavy (non-hydrogen) atoms. The third-order valence-corrected chi connectivity index (χ3v) is 5.01. The highest BCUT2D eigenvalue weighted by molar-refractivity contribution is 7.38. The number of hydrogen-bond acceptors (Lipinski definition) is 5. The van der Waals surface area contributed by atoms with Gasteiger partial charge in [0.15, 0.2) is 0 Å². The molecule has 0 aliphatic heterocycles. The summed E-state index contributed by atoms with van der Waals surface area (Å²) in [5, 5.41) is 21.7. The Morgan fingerprint density at radius 1 is 0.880 bits per heavy atom. The minimum absolute atomic E-state index is 0.0403. The van der Waals surface area contributed by atoms with Crippen LogP contribution >= 0.6 is 8.60 Å². The fraction of sp³-hybridized carbons (Fsp3) is 0.684. The lowest BCUT2D eigenvalue weighted by Crippen LogP contribution is -2.48. The predicted octanol–water partition coefficient (Wildman–Crippen LogP) is 3.83. The van der Waals surface area contributed by atoms with E-state index in [-0.39, 0.29) is 6.61 Å². The van der Waals surface area contributed by atoms with Crippen LogP contribution in [0.5, 0.6) is 0 Å².